The molecular weight excluding hydrogens is 466 g/mol. The standard InChI is InChI=1S/C21H32ClN7O3S/c1-29(2,14-12-25-21(30)17-19(23)28-20(24)18(22)27-17)13-8-4-7-11-26-33(31,32)15-16-9-5-3-6-10-16/h3,5-6,9-10,26H,4,7-8,11-15H2,1-2H3,(H4-,23,24,25,28,30). The van der Waals surface area contributed by atoms with Crippen LogP contribution in [0.1, 0.15) is 30.5 Å². The highest BCUT2D eigenvalue weighted by atomic mass is 35.5. The van der Waals surface area contributed by atoms with E-state index < -0.39 is 15.9 Å². The number of quaternary nitrogens is 1. The van der Waals surface area contributed by atoms with Crippen molar-refractivity contribution in [2.24, 2.45) is 4.99 Å². The molecule has 0 bridgehead atoms. The fourth-order valence-electron chi connectivity index (χ4n) is 3.12. The van der Waals surface area contributed by atoms with E-state index in [1.807, 2.05) is 18.2 Å². The zero-order valence-corrected chi connectivity index (χ0v) is 20.6. The molecule has 0 aliphatic rings. The van der Waals surface area contributed by atoms with E-state index in [4.69, 9.17) is 23.1 Å². The van der Waals surface area contributed by atoms with Gasteiger partial charge in [-0.2, -0.15) is 0 Å². The van der Waals surface area contributed by atoms with Crippen molar-refractivity contribution in [1.29, 1.82) is 0 Å². The number of nitrogen functional groups attached to an aromatic ring is 2. The van der Waals surface area contributed by atoms with Gasteiger partial charge in [-0.05, 0) is 24.8 Å². The van der Waals surface area contributed by atoms with Crippen LogP contribution < -0.4 is 21.3 Å². The number of hydrogen-bond acceptors (Lipinski definition) is 8. The Hall–Kier alpha value is -2.47. The molecule has 2 rings (SSSR count). The first-order chi connectivity index (χ1) is 15.5. The first-order valence-electron chi connectivity index (χ1n) is 10.6. The third kappa shape index (κ3) is 9.50. The second-order valence-corrected chi connectivity index (χ2v) is 10.6. The Morgan fingerprint density at radius 2 is 1.79 bits per heavy atom. The number of nitrogens with one attached hydrogen (secondary N) is 1. The second-order valence-electron chi connectivity index (χ2n) is 8.40. The Morgan fingerprint density at radius 3 is 2.48 bits per heavy atom. The lowest BCUT2D eigenvalue weighted by Crippen LogP contribution is -2.42. The molecule has 1 aromatic heterocycles. The molecule has 10 nitrogen and oxygen atoms in total. The third-order valence-electron chi connectivity index (χ3n) is 5.03. The van der Waals surface area contributed by atoms with Gasteiger partial charge in [0, 0.05) is 12.4 Å². The summed E-state index contributed by atoms with van der Waals surface area (Å²) in [6.45, 7) is 2.23. The minimum Gasteiger partial charge on any atom is -0.857 e. The molecule has 0 atom stereocenters. The van der Waals surface area contributed by atoms with Gasteiger partial charge in [0.2, 0.25) is 10.0 Å². The van der Waals surface area contributed by atoms with Gasteiger partial charge in [-0.15, -0.1) is 0 Å². The largest absolute Gasteiger partial charge is 0.857 e. The quantitative estimate of drug-likeness (QED) is 0.159. The van der Waals surface area contributed by atoms with E-state index in [0.717, 1.165) is 31.4 Å². The van der Waals surface area contributed by atoms with Crippen LogP contribution in [0.25, 0.3) is 0 Å². The predicted octanol–water partition coefficient (Wildman–Crippen LogP) is 0.768. The number of aromatic nitrogens is 2. The van der Waals surface area contributed by atoms with Gasteiger partial charge >= 0.3 is 0 Å². The monoisotopic (exact) mass is 497 g/mol. The molecule has 0 unspecified atom stereocenters. The van der Waals surface area contributed by atoms with Gasteiger partial charge in [0.1, 0.15) is 5.69 Å². The summed E-state index contributed by atoms with van der Waals surface area (Å²) in [7, 11) is 0.771. The van der Waals surface area contributed by atoms with Gasteiger partial charge in [-0.1, -0.05) is 41.9 Å². The summed E-state index contributed by atoms with van der Waals surface area (Å²) in [5.41, 5.74) is 11.9. The van der Waals surface area contributed by atoms with Crippen LogP contribution >= 0.6 is 11.6 Å². The van der Waals surface area contributed by atoms with Gasteiger partial charge in [-0.3, -0.25) is 4.99 Å². The zero-order chi connectivity index (χ0) is 24.5. The van der Waals surface area contributed by atoms with E-state index in [1.165, 1.54) is 0 Å². The molecule has 0 aliphatic heterocycles. The minimum atomic E-state index is -3.33. The minimum absolute atomic E-state index is 0.0141. The Balaban J connectivity index is 1.68. The Morgan fingerprint density at radius 1 is 1.09 bits per heavy atom. The zero-order valence-electron chi connectivity index (χ0n) is 19.0. The van der Waals surface area contributed by atoms with Crippen LogP contribution in [0.2, 0.25) is 5.15 Å². The number of hydrogen-bond donors (Lipinski definition) is 3. The van der Waals surface area contributed by atoms with E-state index in [2.05, 4.69) is 33.8 Å². The lowest BCUT2D eigenvalue weighted by atomic mass is 10.2. The molecule has 0 saturated heterocycles. The molecule has 182 valence electrons. The molecule has 1 aromatic carbocycles. The van der Waals surface area contributed by atoms with Crippen molar-refractivity contribution >= 4 is 39.2 Å². The summed E-state index contributed by atoms with van der Waals surface area (Å²) in [4.78, 5) is 11.7. The van der Waals surface area contributed by atoms with Crippen molar-refractivity contribution < 1.29 is 18.0 Å². The average Bonchev–Trinajstić information content (AvgIpc) is 2.73. The molecule has 1 heterocycles. The number of unbranched alkanes of at least 4 members (excludes halogenated alkanes) is 2. The van der Waals surface area contributed by atoms with Crippen molar-refractivity contribution in [3.63, 3.8) is 0 Å². The number of anilines is 2. The Bertz CT molecular complexity index is 1050. The van der Waals surface area contributed by atoms with Crippen molar-refractivity contribution in [3.8, 4) is 0 Å². The summed E-state index contributed by atoms with van der Waals surface area (Å²) in [6, 6.07) is 9.10. The van der Waals surface area contributed by atoms with E-state index in [9.17, 15) is 13.5 Å². The molecule has 12 heteroatoms. The summed E-state index contributed by atoms with van der Waals surface area (Å²) < 4.78 is 27.6. The molecule has 2 aromatic rings. The van der Waals surface area contributed by atoms with Gasteiger partial charge in [0.25, 0.3) is 0 Å². The van der Waals surface area contributed by atoms with Crippen molar-refractivity contribution in [2.75, 3.05) is 51.7 Å². The van der Waals surface area contributed by atoms with E-state index in [1.54, 1.807) is 12.1 Å². The number of nitrogens with zero attached hydrogens (tertiary/aromatic N) is 4. The van der Waals surface area contributed by atoms with Crippen molar-refractivity contribution in [2.45, 2.75) is 25.0 Å². The lowest BCUT2D eigenvalue weighted by molar-refractivity contribution is -0.889. The number of sulfonamides is 1. The maximum absolute atomic E-state index is 12.2. The fourth-order valence-corrected chi connectivity index (χ4v) is 4.44. The number of halogens is 1. The summed E-state index contributed by atoms with van der Waals surface area (Å²) in [5.74, 6) is -0.726. The van der Waals surface area contributed by atoms with Crippen LogP contribution in [0.4, 0.5) is 11.6 Å². The topological polar surface area (TPSA) is 159 Å². The highest BCUT2D eigenvalue weighted by Crippen LogP contribution is 2.17. The number of aliphatic imine (C=N–C) groups is 1. The Labute approximate surface area is 200 Å². The third-order valence-corrected chi connectivity index (χ3v) is 6.67. The molecule has 0 fully saturated rings. The van der Waals surface area contributed by atoms with Gasteiger partial charge in [0.15, 0.2) is 16.8 Å². The van der Waals surface area contributed by atoms with E-state index in [0.29, 0.717) is 24.1 Å². The van der Waals surface area contributed by atoms with Crippen LogP contribution in [0.3, 0.4) is 0 Å². The normalized spacial score (nSPS) is 12.8. The van der Waals surface area contributed by atoms with Crippen LogP contribution in [0.15, 0.2) is 35.3 Å². The first kappa shape index (κ1) is 26.8. The highest BCUT2D eigenvalue weighted by molar-refractivity contribution is 7.88. The molecule has 0 spiro atoms. The maximum Gasteiger partial charge on any atom is 0.215 e. The number of benzene rings is 1. The highest BCUT2D eigenvalue weighted by Gasteiger charge is 2.15. The van der Waals surface area contributed by atoms with Crippen LogP contribution in [-0.4, -0.2) is 69.0 Å². The first-order valence-corrected chi connectivity index (χ1v) is 12.7. The lowest BCUT2D eigenvalue weighted by Gasteiger charge is -2.29. The van der Waals surface area contributed by atoms with E-state index in [-0.39, 0.29) is 28.2 Å². The fraction of sp³-hybridized carbons (Fsp3) is 0.476. The van der Waals surface area contributed by atoms with Crippen LogP contribution in [0, 0.1) is 0 Å². The van der Waals surface area contributed by atoms with Crippen molar-refractivity contribution in [1.82, 2.24) is 14.7 Å². The van der Waals surface area contributed by atoms with Crippen LogP contribution in [-0.2, 0) is 15.8 Å². The molecule has 0 amide bonds. The second kappa shape index (κ2) is 12.1. The molecule has 0 radical (unpaired) electrons. The smallest absolute Gasteiger partial charge is 0.215 e. The molecule has 0 saturated carbocycles. The molecule has 0 aliphatic carbocycles. The maximum atomic E-state index is 12.2. The van der Waals surface area contributed by atoms with E-state index >= 15 is 0 Å². The molecule has 33 heavy (non-hydrogen) atoms. The number of nitrogens with two attached hydrogens (primary N) is 2. The predicted molar refractivity (Wildman–Crippen MR) is 130 cm³/mol. The SMILES string of the molecule is C[N+](C)(CCCCCNS(=O)(=O)Cc1ccccc1)CCN=C([O-])c1nc(Cl)c(N)nc1N. The number of rotatable bonds is 13. The van der Waals surface area contributed by atoms with Gasteiger partial charge in [0.05, 0.1) is 39.5 Å². The molecular formula is C21H32ClN7O3S. The Kier molecular flexibility index (Phi) is 9.84. The van der Waals surface area contributed by atoms with Crippen LogP contribution in [0.5, 0.6) is 0 Å². The number of likely N-dealkylation sites (N-methyl/N-ethyl adjacent to an activating group) is 1. The summed E-state index contributed by atoms with van der Waals surface area (Å²) in [6.07, 6.45) is 2.57. The van der Waals surface area contributed by atoms with Gasteiger partial charge in [-0.25, -0.2) is 23.1 Å². The molecule has 5 N–H and O–H groups in total. The summed E-state index contributed by atoms with van der Waals surface area (Å²) >= 11 is 5.80. The van der Waals surface area contributed by atoms with Crippen molar-refractivity contribution in [3.05, 3.63) is 46.7 Å². The summed E-state index contributed by atoms with van der Waals surface area (Å²) in [5, 5.41) is 12.1. The van der Waals surface area contributed by atoms with Gasteiger partial charge < -0.3 is 21.1 Å². The average molecular weight is 498 g/mol.